The Morgan fingerprint density at radius 3 is 2.35 bits per heavy atom. The molecule has 1 saturated heterocycles. The van der Waals surface area contributed by atoms with Crippen molar-refractivity contribution in [3.05, 3.63) is 41.5 Å². The number of hydrogen-bond donors (Lipinski definition) is 2. The number of hydrogen-bond acceptors (Lipinski definition) is 7. The Balaban J connectivity index is 1.59. The fourth-order valence-corrected chi connectivity index (χ4v) is 6.52. The highest BCUT2D eigenvalue weighted by Crippen LogP contribution is 2.34. The van der Waals surface area contributed by atoms with E-state index >= 15 is 4.39 Å². The molecule has 2 aliphatic rings. The molecule has 1 aromatic carbocycles. The number of piperazine rings is 1. The van der Waals surface area contributed by atoms with Gasteiger partial charge < -0.3 is 25.0 Å². The van der Waals surface area contributed by atoms with Crippen LogP contribution in [0.2, 0.25) is 0 Å². The molecule has 0 spiro atoms. The number of aromatic nitrogens is 1. The van der Waals surface area contributed by atoms with Crippen molar-refractivity contribution in [3.63, 3.8) is 0 Å². The molecule has 2 heterocycles. The predicted molar refractivity (Wildman–Crippen MR) is 174 cm³/mol. The summed E-state index contributed by atoms with van der Waals surface area (Å²) in [6, 6.07) is 2.70. The summed E-state index contributed by atoms with van der Waals surface area (Å²) < 4.78 is 21.0. The van der Waals surface area contributed by atoms with Crippen molar-refractivity contribution in [3.8, 4) is 0 Å². The van der Waals surface area contributed by atoms with Crippen LogP contribution in [0, 0.1) is 11.7 Å². The SMILES string of the molecule is CCC(=O)N[C@@H](C(=O)N1CCN(C)CC1)[C@@H](C)c1ccc(NC(=O)[C@H](C2CCCCCC2)N(C=O)c2conc2C(C)C)c(F)c1. The molecule has 2 aromatic rings. The van der Waals surface area contributed by atoms with Gasteiger partial charge in [-0.05, 0) is 43.5 Å². The second kappa shape index (κ2) is 16.2. The number of amides is 4. The van der Waals surface area contributed by atoms with E-state index in [0.717, 1.165) is 51.6 Å². The molecule has 0 unspecified atom stereocenters. The minimum absolute atomic E-state index is 0.0284. The van der Waals surface area contributed by atoms with Gasteiger partial charge in [-0.3, -0.25) is 24.1 Å². The molecule has 4 amide bonds. The lowest BCUT2D eigenvalue weighted by Gasteiger charge is -2.36. The fourth-order valence-electron chi connectivity index (χ4n) is 6.52. The predicted octanol–water partition coefficient (Wildman–Crippen LogP) is 4.65. The molecule has 2 fully saturated rings. The summed E-state index contributed by atoms with van der Waals surface area (Å²) in [6.07, 6.45) is 7.74. The molecule has 1 aliphatic heterocycles. The van der Waals surface area contributed by atoms with Gasteiger partial charge in [0.1, 0.15) is 35.5 Å². The molecule has 2 N–H and O–H groups in total. The highest BCUT2D eigenvalue weighted by Gasteiger charge is 2.37. The molecular formula is C34H49FN6O5. The first-order chi connectivity index (χ1) is 22.0. The van der Waals surface area contributed by atoms with E-state index in [4.69, 9.17) is 4.52 Å². The van der Waals surface area contributed by atoms with Crippen LogP contribution in [0.5, 0.6) is 0 Å². The lowest BCUT2D eigenvalue weighted by Crippen LogP contribution is -2.55. The largest absolute Gasteiger partial charge is 0.362 e. The molecule has 252 valence electrons. The van der Waals surface area contributed by atoms with Crippen LogP contribution >= 0.6 is 0 Å². The van der Waals surface area contributed by atoms with Gasteiger partial charge >= 0.3 is 0 Å². The summed E-state index contributed by atoms with van der Waals surface area (Å²) in [4.78, 5) is 57.8. The summed E-state index contributed by atoms with van der Waals surface area (Å²) >= 11 is 0. The maximum Gasteiger partial charge on any atom is 0.247 e. The number of likely N-dealkylation sites (N-methyl/N-ethyl adjacent to an activating group) is 1. The molecule has 1 saturated carbocycles. The Kier molecular flexibility index (Phi) is 12.3. The highest BCUT2D eigenvalue weighted by atomic mass is 19.1. The minimum Gasteiger partial charge on any atom is -0.362 e. The lowest BCUT2D eigenvalue weighted by atomic mass is 9.89. The second-order valence-electron chi connectivity index (χ2n) is 13.0. The van der Waals surface area contributed by atoms with Crippen LogP contribution in [0.4, 0.5) is 15.8 Å². The van der Waals surface area contributed by atoms with E-state index < -0.39 is 29.7 Å². The summed E-state index contributed by atoms with van der Waals surface area (Å²) in [5.41, 5.74) is 1.49. The van der Waals surface area contributed by atoms with E-state index in [0.29, 0.717) is 36.4 Å². The van der Waals surface area contributed by atoms with Gasteiger partial charge in [-0.25, -0.2) is 4.39 Å². The molecule has 3 atom stereocenters. The zero-order valence-corrected chi connectivity index (χ0v) is 27.8. The quantitative estimate of drug-likeness (QED) is 0.255. The van der Waals surface area contributed by atoms with Crippen LogP contribution in [-0.2, 0) is 19.2 Å². The fraction of sp³-hybridized carbons (Fsp3) is 0.618. The van der Waals surface area contributed by atoms with Crippen molar-refractivity contribution in [2.45, 2.75) is 96.6 Å². The first kappa shape index (κ1) is 35.1. The smallest absolute Gasteiger partial charge is 0.247 e. The van der Waals surface area contributed by atoms with Crippen LogP contribution in [0.3, 0.4) is 0 Å². The zero-order chi connectivity index (χ0) is 33.4. The molecule has 0 radical (unpaired) electrons. The van der Waals surface area contributed by atoms with Gasteiger partial charge in [0, 0.05) is 44.4 Å². The van der Waals surface area contributed by atoms with E-state index in [1.807, 2.05) is 20.9 Å². The van der Waals surface area contributed by atoms with Crippen molar-refractivity contribution in [1.29, 1.82) is 0 Å². The number of halogens is 1. The standard InChI is InChI=1S/C34H49FN6O5/c1-6-29(43)37-31(34(45)40-17-15-39(5)16-18-40)23(4)25-13-14-27(26(35)19-25)36-33(44)32(24-11-9-7-8-10-12-24)41(21-42)28-20-46-38-30(28)22(2)3/h13-14,19-24,31-32H,6-12,15-18H2,1-5H3,(H,36,44)(H,37,43)/t23-,31+,32-/m0/s1. The summed E-state index contributed by atoms with van der Waals surface area (Å²) in [5.74, 6) is -2.34. The Morgan fingerprint density at radius 2 is 1.76 bits per heavy atom. The van der Waals surface area contributed by atoms with Gasteiger partial charge in [-0.15, -0.1) is 0 Å². The third kappa shape index (κ3) is 8.31. The average Bonchev–Trinajstić information content (AvgIpc) is 3.38. The van der Waals surface area contributed by atoms with Crippen LogP contribution in [0.1, 0.15) is 95.7 Å². The maximum absolute atomic E-state index is 15.7. The summed E-state index contributed by atoms with van der Waals surface area (Å²) in [6.45, 7) is 9.93. The first-order valence-corrected chi connectivity index (χ1v) is 16.6. The van der Waals surface area contributed by atoms with E-state index in [1.54, 1.807) is 24.8 Å². The third-order valence-electron chi connectivity index (χ3n) is 9.43. The maximum atomic E-state index is 15.7. The molecule has 0 bridgehead atoms. The van der Waals surface area contributed by atoms with Gasteiger partial charge in [0.15, 0.2) is 0 Å². The van der Waals surface area contributed by atoms with Gasteiger partial charge in [0.25, 0.3) is 0 Å². The molecule has 12 heteroatoms. The molecule has 1 aliphatic carbocycles. The third-order valence-corrected chi connectivity index (χ3v) is 9.43. The Hall–Kier alpha value is -3.80. The minimum atomic E-state index is -0.889. The topological polar surface area (TPSA) is 128 Å². The molecule has 1 aromatic heterocycles. The number of nitrogens with one attached hydrogen (secondary N) is 2. The van der Waals surface area contributed by atoms with Gasteiger partial charge in [0.2, 0.25) is 24.1 Å². The van der Waals surface area contributed by atoms with Gasteiger partial charge in [0.05, 0.1) is 5.69 Å². The molecule has 11 nitrogen and oxygen atoms in total. The van der Waals surface area contributed by atoms with Crippen LogP contribution in [-0.4, -0.2) is 84.4 Å². The summed E-state index contributed by atoms with van der Waals surface area (Å²) in [7, 11) is 2.00. The molecular weight excluding hydrogens is 591 g/mol. The number of benzene rings is 1. The monoisotopic (exact) mass is 640 g/mol. The Labute approximate surface area is 271 Å². The van der Waals surface area contributed by atoms with E-state index in [-0.39, 0.29) is 35.8 Å². The Morgan fingerprint density at radius 1 is 1.09 bits per heavy atom. The van der Waals surface area contributed by atoms with Crippen molar-refractivity contribution in [2.75, 3.05) is 43.4 Å². The highest BCUT2D eigenvalue weighted by molar-refractivity contribution is 6.01. The average molecular weight is 641 g/mol. The summed E-state index contributed by atoms with van der Waals surface area (Å²) in [5, 5.41) is 9.68. The van der Waals surface area contributed by atoms with Crippen LogP contribution in [0.15, 0.2) is 29.0 Å². The van der Waals surface area contributed by atoms with E-state index in [2.05, 4.69) is 20.7 Å². The van der Waals surface area contributed by atoms with Gasteiger partial charge in [-0.2, -0.15) is 0 Å². The zero-order valence-electron chi connectivity index (χ0n) is 27.8. The number of anilines is 2. The molecule has 46 heavy (non-hydrogen) atoms. The number of nitrogens with zero attached hydrogens (tertiary/aromatic N) is 4. The number of rotatable bonds is 12. The Bertz CT molecular complexity index is 1350. The first-order valence-electron chi connectivity index (χ1n) is 16.6. The number of carbonyl (C=O) groups excluding carboxylic acids is 4. The van der Waals surface area contributed by atoms with Crippen molar-refractivity contribution in [1.82, 2.24) is 20.3 Å². The van der Waals surface area contributed by atoms with Crippen molar-refractivity contribution in [2.24, 2.45) is 5.92 Å². The van der Waals surface area contributed by atoms with Crippen LogP contribution in [0.25, 0.3) is 0 Å². The van der Waals surface area contributed by atoms with E-state index in [1.165, 1.54) is 23.3 Å². The van der Waals surface area contributed by atoms with Crippen molar-refractivity contribution >= 4 is 35.5 Å². The van der Waals surface area contributed by atoms with Gasteiger partial charge in [-0.1, -0.05) is 64.6 Å². The normalized spacial score (nSPS) is 18.4. The molecule has 4 rings (SSSR count). The second-order valence-corrected chi connectivity index (χ2v) is 13.0. The van der Waals surface area contributed by atoms with Crippen LogP contribution < -0.4 is 15.5 Å². The van der Waals surface area contributed by atoms with Crippen molar-refractivity contribution < 1.29 is 28.1 Å². The number of carbonyl (C=O) groups is 4. The lowest BCUT2D eigenvalue weighted by molar-refractivity contribution is -0.138. The van der Waals surface area contributed by atoms with E-state index in [9.17, 15) is 19.2 Å².